The van der Waals surface area contributed by atoms with Gasteiger partial charge in [-0.3, -0.25) is 9.78 Å². The van der Waals surface area contributed by atoms with Gasteiger partial charge in [-0.1, -0.05) is 38.1 Å². The molecule has 0 saturated heterocycles. The minimum Gasteiger partial charge on any atom is -0.493 e. The molecule has 4 nitrogen and oxygen atoms in total. The third kappa shape index (κ3) is 6.41. The second kappa shape index (κ2) is 9.71. The fourth-order valence-corrected chi connectivity index (χ4v) is 2.27. The molecular weight excluding hydrogens is 300 g/mol. The molecule has 1 amide bonds. The lowest BCUT2D eigenvalue weighted by molar-refractivity contribution is -0.121. The van der Waals surface area contributed by atoms with Crippen molar-refractivity contribution in [3.63, 3.8) is 0 Å². The number of carbonyl (C=O) groups is 1. The zero-order valence-corrected chi connectivity index (χ0v) is 14.5. The van der Waals surface area contributed by atoms with Gasteiger partial charge in [-0.25, -0.2) is 0 Å². The van der Waals surface area contributed by atoms with Crippen molar-refractivity contribution in [3.8, 4) is 5.75 Å². The molecule has 0 bridgehead atoms. The van der Waals surface area contributed by atoms with Crippen LogP contribution in [-0.2, 0) is 17.8 Å². The van der Waals surface area contributed by atoms with Gasteiger partial charge in [0.15, 0.2) is 0 Å². The van der Waals surface area contributed by atoms with Crippen molar-refractivity contribution in [2.45, 2.75) is 39.7 Å². The predicted molar refractivity (Wildman–Crippen MR) is 95.8 cm³/mol. The number of aromatic nitrogens is 1. The highest BCUT2D eigenvalue weighted by molar-refractivity contribution is 5.76. The van der Waals surface area contributed by atoms with Crippen LogP contribution in [-0.4, -0.2) is 17.5 Å². The van der Waals surface area contributed by atoms with Crippen LogP contribution in [0.2, 0.25) is 0 Å². The van der Waals surface area contributed by atoms with Gasteiger partial charge in [0.2, 0.25) is 5.91 Å². The first-order chi connectivity index (χ1) is 11.6. The molecule has 1 aromatic heterocycles. The maximum absolute atomic E-state index is 12.0. The Morgan fingerprint density at radius 1 is 1.17 bits per heavy atom. The second-order valence-electron chi connectivity index (χ2n) is 6.24. The molecular formula is C20H26N2O2. The van der Waals surface area contributed by atoms with Crippen LogP contribution < -0.4 is 10.1 Å². The van der Waals surface area contributed by atoms with Crippen molar-refractivity contribution in [3.05, 3.63) is 59.9 Å². The molecule has 0 spiro atoms. The van der Waals surface area contributed by atoms with Crippen LogP contribution in [0.5, 0.6) is 5.75 Å². The first-order valence-electron chi connectivity index (χ1n) is 8.52. The molecule has 0 radical (unpaired) electrons. The smallest absolute Gasteiger partial charge is 0.220 e. The Hall–Kier alpha value is -2.36. The minimum atomic E-state index is 0.0256. The van der Waals surface area contributed by atoms with E-state index in [9.17, 15) is 4.79 Å². The molecule has 0 aliphatic carbocycles. The van der Waals surface area contributed by atoms with Crippen molar-refractivity contribution in [1.82, 2.24) is 10.3 Å². The fraction of sp³-hybridized carbons (Fsp3) is 0.400. The quantitative estimate of drug-likeness (QED) is 0.763. The number of benzene rings is 1. The third-order valence-corrected chi connectivity index (χ3v) is 3.74. The first kappa shape index (κ1) is 18.0. The van der Waals surface area contributed by atoms with Gasteiger partial charge >= 0.3 is 0 Å². The molecule has 2 aromatic rings. The van der Waals surface area contributed by atoms with E-state index in [4.69, 9.17) is 4.74 Å². The standard InChI is InChI=1S/C20H26N2O2/c1-16(2)12-14-24-19-9-4-3-7-17(19)15-22-20(23)11-10-18-8-5-6-13-21-18/h3-9,13,16H,10-12,14-15H2,1-2H3,(H,22,23). The molecule has 0 fully saturated rings. The van der Waals surface area contributed by atoms with E-state index >= 15 is 0 Å². The molecule has 128 valence electrons. The van der Waals surface area contributed by atoms with E-state index in [0.29, 0.717) is 31.9 Å². The monoisotopic (exact) mass is 326 g/mol. The Balaban J connectivity index is 1.79. The topological polar surface area (TPSA) is 51.2 Å². The van der Waals surface area contributed by atoms with Gasteiger partial charge < -0.3 is 10.1 Å². The van der Waals surface area contributed by atoms with Gasteiger partial charge in [0, 0.05) is 30.4 Å². The lowest BCUT2D eigenvalue weighted by Crippen LogP contribution is -2.23. The number of para-hydroxylation sites is 1. The zero-order valence-electron chi connectivity index (χ0n) is 14.5. The summed E-state index contributed by atoms with van der Waals surface area (Å²) in [5, 5.41) is 2.96. The maximum atomic E-state index is 12.0. The van der Waals surface area contributed by atoms with Crippen LogP contribution in [0.3, 0.4) is 0 Å². The maximum Gasteiger partial charge on any atom is 0.220 e. The molecule has 0 aliphatic rings. The van der Waals surface area contributed by atoms with E-state index in [2.05, 4.69) is 24.1 Å². The van der Waals surface area contributed by atoms with Crippen LogP contribution >= 0.6 is 0 Å². The van der Waals surface area contributed by atoms with Gasteiger partial charge in [-0.15, -0.1) is 0 Å². The molecule has 0 atom stereocenters. The summed E-state index contributed by atoms with van der Waals surface area (Å²) < 4.78 is 5.85. The number of aryl methyl sites for hydroxylation is 1. The highest BCUT2D eigenvalue weighted by Gasteiger charge is 2.07. The summed E-state index contributed by atoms with van der Waals surface area (Å²) in [5.74, 6) is 1.49. The summed E-state index contributed by atoms with van der Waals surface area (Å²) in [6.45, 7) is 5.54. The highest BCUT2D eigenvalue weighted by atomic mass is 16.5. The molecule has 0 unspecified atom stereocenters. The van der Waals surface area contributed by atoms with E-state index in [1.54, 1.807) is 6.20 Å². The average molecular weight is 326 g/mol. The molecule has 1 aromatic carbocycles. The Morgan fingerprint density at radius 2 is 1.96 bits per heavy atom. The molecule has 0 aliphatic heterocycles. The average Bonchev–Trinajstić information content (AvgIpc) is 2.59. The van der Waals surface area contributed by atoms with E-state index in [0.717, 1.165) is 23.4 Å². The summed E-state index contributed by atoms with van der Waals surface area (Å²) in [6.07, 6.45) is 3.86. The van der Waals surface area contributed by atoms with Crippen LogP contribution in [0.25, 0.3) is 0 Å². The number of amides is 1. The largest absolute Gasteiger partial charge is 0.493 e. The minimum absolute atomic E-state index is 0.0256. The summed E-state index contributed by atoms with van der Waals surface area (Å²) in [7, 11) is 0. The van der Waals surface area contributed by atoms with Crippen LogP contribution in [0.1, 0.15) is 37.9 Å². The number of nitrogens with one attached hydrogen (secondary N) is 1. The lowest BCUT2D eigenvalue weighted by Gasteiger charge is -2.13. The number of hydrogen-bond acceptors (Lipinski definition) is 3. The number of nitrogens with zero attached hydrogens (tertiary/aromatic N) is 1. The van der Waals surface area contributed by atoms with Crippen molar-refractivity contribution >= 4 is 5.91 Å². The predicted octanol–water partition coefficient (Wildman–Crippen LogP) is 3.76. The molecule has 2 rings (SSSR count). The van der Waals surface area contributed by atoms with E-state index in [1.807, 2.05) is 42.5 Å². The molecule has 4 heteroatoms. The van der Waals surface area contributed by atoms with Gasteiger partial charge in [0.05, 0.1) is 6.61 Å². The van der Waals surface area contributed by atoms with Crippen molar-refractivity contribution in [2.24, 2.45) is 5.92 Å². The van der Waals surface area contributed by atoms with Gasteiger partial charge in [0.25, 0.3) is 0 Å². The third-order valence-electron chi connectivity index (χ3n) is 3.74. The van der Waals surface area contributed by atoms with Crippen LogP contribution in [0, 0.1) is 5.92 Å². The number of ether oxygens (including phenoxy) is 1. The van der Waals surface area contributed by atoms with E-state index in [1.165, 1.54) is 0 Å². The normalized spacial score (nSPS) is 10.6. The van der Waals surface area contributed by atoms with E-state index in [-0.39, 0.29) is 5.91 Å². The first-order valence-corrected chi connectivity index (χ1v) is 8.52. The van der Waals surface area contributed by atoms with Crippen LogP contribution in [0.15, 0.2) is 48.7 Å². The van der Waals surface area contributed by atoms with Gasteiger partial charge in [0.1, 0.15) is 5.75 Å². The summed E-state index contributed by atoms with van der Waals surface area (Å²) in [5.41, 5.74) is 1.94. The molecule has 1 N–H and O–H groups in total. The molecule has 24 heavy (non-hydrogen) atoms. The van der Waals surface area contributed by atoms with Crippen molar-refractivity contribution in [1.29, 1.82) is 0 Å². The number of carbonyl (C=O) groups excluding carboxylic acids is 1. The number of hydrogen-bond donors (Lipinski definition) is 1. The highest BCUT2D eigenvalue weighted by Crippen LogP contribution is 2.18. The summed E-state index contributed by atoms with van der Waals surface area (Å²) in [4.78, 5) is 16.3. The van der Waals surface area contributed by atoms with Gasteiger partial charge in [-0.05, 0) is 37.0 Å². The van der Waals surface area contributed by atoms with Crippen LogP contribution in [0.4, 0.5) is 0 Å². The summed E-state index contributed by atoms with van der Waals surface area (Å²) in [6, 6.07) is 13.6. The van der Waals surface area contributed by atoms with Crippen molar-refractivity contribution in [2.75, 3.05) is 6.61 Å². The fourth-order valence-electron chi connectivity index (χ4n) is 2.27. The Labute approximate surface area is 144 Å². The lowest BCUT2D eigenvalue weighted by atomic mass is 10.1. The second-order valence-corrected chi connectivity index (χ2v) is 6.24. The Morgan fingerprint density at radius 3 is 2.71 bits per heavy atom. The molecule has 1 heterocycles. The molecule has 0 saturated carbocycles. The number of rotatable bonds is 9. The van der Waals surface area contributed by atoms with E-state index < -0.39 is 0 Å². The SMILES string of the molecule is CC(C)CCOc1ccccc1CNC(=O)CCc1ccccn1. The Bertz CT molecular complexity index is 627. The van der Waals surface area contributed by atoms with Crippen molar-refractivity contribution < 1.29 is 9.53 Å². The number of pyridine rings is 1. The Kier molecular flexibility index (Phi) is 7.27. The van der Waals surface area contributed by atoms with Gasteiger partial charge in [-0.2, -0.15) is 0 Å². The zero-order chi connectivity index (χ0) is 17.2. The summed E-state index contributed by atoms with van der Waals surface area (Å²) >= 11 is 0.